The van der Waals surface area contributed by atoms with E-state index in [4.69, 9.17) is 4.84 Å². The molecule has 11 heteroatoms. The molecular formula is C18H12N2O6S3. The zero-order valence-electron chi connectivity index (χ0n) is 14.5. The van der Waals surface area contributed by atoms with Gasteiger partial charge in [0.1, 0.15) is 9.77 Å². The van der Waals surface area contributed by atoms with Crippen molar-refractivity contribution >= 4 is 50.5 Å². The minimum atomic E-state index is -4.01. The van der Waals surface area contributed by atoms with Crippen LogP contribution in [0.2, 0.25) is 0 Å². The summed E-state index contributed by atoms with van der Waals surface area (Å²) in [7, 11) is -4.01. The van der Waals surface area contributed by atoms with Crippen molar-refractivity contribution in [2.24, 2.45) is 0 Å². The van der Waals surface area contributed by atoms with Crippen molar-refractivity contribution in [3.8, 4) is 0 Å². The van der Waals surface area contributed by atoms with Crippen LogP contribution >= 0.6 is 22.7 Å². The Morgan fingerprint density at radius 2 is 1.66 bits per heavy atom. The number of amides is 2. The molecule has 8 nitrogen and oxygen atoms in total. The second-order valence-electron chi connectivity index (χ2n) is 5.85. The van der Waals surface area contributed by atoms with Crippen molar-refractivity contribution in [1.82, 2.24) is 9.79 Å². The molecule has 29 heavy (non-hydrogen) atoms. The number of hydroxylamine groups is 2. The summed E-state index contributed by atoms with van der Waals surface area (Å²) in [6, 6.07) is 10.9. The van der Waals surface area contributed by atoms with Crippen molar-refractivity contribution in [2.75, 3.05) is 0 Å². The van der Waals surface area contributed by atoms with E-state index in [-0.39, 0.29) is 27.4 Å². The Bertz CT molecular complexity index is 1180. The number of nitrogens with zero attached hydrogens (tertiary/aromatic N) is 1. The smallest absolute Gasteiger partial charge is 0.323 e. The summed E-state index contributed by atoms with van der Waals surface area (Å²) >= 11 is 2.23. The van der Waals surface area contributed by atoms with Crippen molar-refractivity contribution in [2.45, 2.75) is 11.4 Å². The van der Waals surface area contributed by atoms with Gasteiger partial charge in [-0.1, -0.05) is 23.3 Å². The predicted octanol–water partition coefficient (Wildman–Crippen LogP) is 2.66. The van der Waals surface area contributed by atoms with Crippen LogP contribution in [0.3, 0.4) is 0 Å². The van der Waals surface area contributed by atoms with Crippen LogP contribution in [0.5, 0.6) is 0 Å². The molecule has 1 aromatic carbocycles. The van der Waals surface area contributed by atoms with Crippen molar-refractivity contribution < 1.29 is 27.6 Å². The summed E-state index contributed by atoms with van der Waals surface area (Å²) < 4.78 is 27.6. The molecule has 0 saturated carbocycles. The van der Waals surface area contributed by atoms with Gasteiger partial charge in [-0.05, 0) is 35.0 Å². The van der Waals surface area contributed by atoms with Crippen LogP contribution in [0, 0.1) is 0 Å². The van der Waals surface area contributed by atoms with Gasteiger partial charge in [-0.3, -0.25) is 9.59 Å². The largest absolute Gasteiger partial charge is 0.375 e. The number of fused-ring (bicyclic) bond motifs is 1. The molecule has 0 bridgehead atoms. The molecule has 148 valence electrons. The molecule has 2 aromatic heterocycles. The zero-order valence-corrected chi connectivity index (χ0v) is 17.0. The standard InChI is InChI=1S/C18H12N2O6S3/c21-16-12-5-1-2-6-13(12)17(22)20(16)26-18(23)15-14(7-9-28-15)29(24,25)19-10-11-4-3-8-27-11/h1-9,19H,10H2. The van der Waals surface area contributed by atoms with Gasteiger partial charge in [-0.25, -0.2) is 17.9 Å². The van der Waals surface area contributed by atoms with E-state index in [0.717, 1.165) is 16.2 Å². The monoisotopic (exact) mass is 448 g/mol. The molecule has 2 amide bonds. The second-order valence-corrected chi connectivity index (χ2v) is 9.53. The Morgan fingerprint density at radius 3 is 2.28 bits per heavy atom. The summed E-state index contributed by atoms with van der Waals surface area (Å²) in [6.45, 7) is 0.0722. The third-order valence-electron chi connectivity index (χ3n) is 4.05. The van der Waals surface area contributed by atoms with Gasteiger partial charge in [0, 0.05) is 11.4 Å². The molecular weight excluding hydrogens is 436 g/mol. The number of thiophene rings is 2. The highest BCUT2D eigenvalue weighted by Crippen LogP contribution is 2.27. The third-order valence-corrected chi connectivity index (χ3v) is 7.40. The number of hydrogen-bond acceptors (Lipinski definition) is 8. The topological polar surface area (TPSA) is 110 Å². The van der Waals surface area contributed by atoms with Crippen molar-refractivity contribution in [1.29, 1.82) is 0 Å². The van der Waals surface area contributed by atoms with Crippen LogP contribution in [0.25, 0.3) is 0 Å². The minimum Gasteiger partial charge on any atom is -0.323 e. The average molecular weight is 449 g/mol. The molecule has 3 aromatic rings. The molecule has 1 N–H and O–H groups in total. The maximum absolute atomic E-state index is 12.6. The fraction of sp³-hybridized carbons (Fsp3) is 0.0556. The number of carbonyl (C=O) groups is 3. The van der Waals surface area contributed by atoms with E-state index in [1.165, 1.54) is 34.9 Å². The first-order valence-corrected chi connectivity index (χ1v) is 11.4. The maximum atomic E-state index is 12.6. The van der Waals surface area contributed by atoms with E-state index in [0.29, 0.717) is 5.06 Å². The normalized spacial score (nSPS) is 13.6. The highest BCUT2D eigenvalue weighted by atomic mass is 32.2. The maximum Gasteiger partial charge on any atom is 0.375 e. The molecule has 0 radical (unpaired) electrons. The molecule has 0 fully saturated rings. The summed E-state index contributed by atoms with van der Waals surface area (Å²) in [5.74, 6) is -2.67. The lowest BCUT2D eigenvalue weighted by molar-refractivity contribution is -0.0583. The number of imide groups is 1. The number of sulfonamides is 1. The predicted molar refractivity (Wildman–Crippen MR) is 105 cm³/mol. The molecule has 1 aliphatic rings. The molecule has 0 spiro atoms. The van der Waals surface area contributed by atoms with Crippen molar-refractivity contribution in [3.63, 3.8) is 0 Å². The summed E-state index contributed by atoms with van der Waals surface area (Å²) in [6.07, 6.45) is 0. The zero-order chi connectivity index (χ0) is 20.6. The fourth-order valence-corrected chi connectivity index (χ4v) is 5.72. The first-order chi connectivity index (χ1) is 13.9. The van der Waals surface area contributed by atoms with Gasteiger partial charge in [0.25, 0.3) is 11.8 Å². The summed E-state index contributed by atoms with van der Waals surface area (Å²) in [4.78, 5) is 42.5. The SMILES string of the molecule is O=C(ON1C(=O)c2ccccc2C1=O)c1sccc1S(=O)(=O)NCc1cccs1. The van der Waals surface area contributed by atoms with E-state index >= 15 is 0 Å². The molecule has 0 saturated heterocycles. The number of hydrogen-bond donors (Lipinski definition) is 1. The molecule has 0 aliphatic carbocycles. The second kappa shape index (κ2) is 7.52. The first kappa shape index (κ1) is 19.5. The number of carbonyl (C=O) groups excluding carboxylic acids is 3. The quantitative estimate of drug-likeness (QED) is 0.581. The molecule has 4 rings (SSSR count). The molecule has 0 unspecified atom stereocenters. The van der Waals surface area contributed by atoms with Gasteiger partial charge >= 0.3 is 5.97 Å². The van der Waals surface area contributed by atoms with Crippen LogP contribution < -0.4 is 4.72 Å². The van der Waals surface area contributed by atoms with Gasteiger partial charge in [0.05, 0.1) is 11.1 Å². The van der Waals surface area contributed by atoms with Crippen LogP contribution in [0.15, 0.2) is 58.1 Å². The molecule has 0 atom stereocenters. The lowest BCUT2D eigenvalue weighted by Gasteiger charge is -2.13. The number of nitrogens with one attached hydrogen (secondary N) is 1. The summed E-state index contributed by atoms with van der Waals surface area (Å²) in [5, 5.41) is 3.58. The Hall–Kier alpha value is -2.86. The average Bonchev–Trinajstić information content (AvgIpc) is 3.45. The lowest BCUT2D eigenvalue weighted by atomic mass is 10.1. The highest BCUT2D eigenvalue weighted by Gasteiger charge is 2.39. The van der Waals surface area contributed by atoms with Gasteiger partial charge in [-0.15, -0.1) is 22.7 Å². The number of benzene rings is 1. The Balaban J connectivity index is 1.53. The molecule has 1 aliphatic heterocycles. The van der Waals surface area contributed by atoms with E-state index in [2.05, 4.69) is 4.72 Å². The van der Waals surface area contributed by atoms with Crippen LogP contribution in [0.1, 0.15) is 35.3 Å². The fourth-order valence-electron chi connectivity index (χ4n) is 2.69. The van der Waals surface area contributed by atoms with Crippen LogP contribution in [-0.4, -0.2) is 31.3 Å². The van der Waals surface area contributed by atoms with Crippen LogP contribution in [0.4, 0.5) is 0 Å². The van der Waals surface area contributed by atoms with E-state index < -0.39 is 27.8 Å². The lowest BCUT2D eigenvalue weighted by Crippen LogP contribution is -2.33. The van der Waals surface area contributed by atoms with Gasteiger partial charge in [0.2, 0.25) is 10.0 Å². The van der Waals surface area contributed by atoms with Gasteiger partial charge in [-0.2, -0.15) is 0 Å². The van der Waals surface area contributed by atoms with E-state index in [1.807, 2.05) is 5.38 Å². The Kier molecular flexibility index (Phi) is 5.04. The first-order valence-electron chi connectivity index (χ1n) is 8.18. The van der Waals surface area contributed by atoms with E-state index in [1.54, 1.807) is 24.3 Å². The minimum absolute atomic E-state index is 0.0722. The highest BCUT2D eigenvalue weighted by molar-refractivity contribution is 7.89. The third kappa shape index (κ3) is 3.60. The van der Waals surface area contributed by atoms with E-state index in [9.17, 15) is 22.8 Å². The Labute approximate surface area is 173 Å². The molecule has 3 heterocycles. The van der Waals surface area contributed by atoms with Gasteiger partial charge in [0.15, 0.2) is 0 Å². The summed E-state index contributed by atoms with van der Waals surface area (Å²) in [5.41, 5.74) is 0.226. The Morgan fingerprint density at radius 1 is 0.966 bits per heavy atom. The van der Waals surface area contributed by atoms with Gasteiger partial charge < -0.3 is 4.84 Å². The number of rotatable bonds is 6. The van der Waals surface area contributed by atoms with Crippen molar-refractivity contribution in [3.05, 3.63) is 74.1 Å². The van der Waals surface area contributed by atoms with Crippen LogP contribution in [-0.2, 0) is 21.4 Å².